The second-order valence-electron chi connectivity index (χ2n) is 12.7. The topological polar surface area (TPSA) is 142 Å². The molecule has 2 aromatic carbocycles. The predicted octanol–water partition coefficient (Wildman–Crippen LogP) is 4.28. The van der Waals surface area contributed by atoms with Crippen LogP contribution in [0.5, 0.6) is 0 Å². The highest BCUT2D eigenvalue weighted by molar-refractivity contribution is 7.92. The van der Waals surface area contributed by atoms with Gasteiger partial charge in [0, 0.05) is 25.1 Å². The van der Waals surface area contributed by atoms with Crippen molar-refractivity contribution in [3.8, 4) is 0 Å². The Hall–Kier alpha value is -3.44. The third kappa shape index (κ3) is 10.8. The number of aliphatic hydroxyl groups excluding tert-OH is 1. The van der Waals surface area contributed by atoms with Gasteiger partial charge < -0.3 is 20.5 Å². The summed E-state index contributed by atoms with van der Waals surface area (Å²) in [4.78, 5) is 38.0. The van der Waals surface area contributed by atoms with E-state index in [4.69, 9.17) is 4.74 Å². The summed E-state index contributed by atoms with van der Waals surface area (Å²) >= 11 is 0. The van der Waals surface area contributed by atoms with E-state index in [9.17, 15) is 27.9 Å². The Balaban J connectivity index is 1.58. The molecule has 2 aromatic rings. The number of methoxy groups -OCH3 is 1. The van der Waals surface area contributed by atoms with Crippen LogP contribution in [-0.4, -0.2) is 64.2 Å². The number of hydrogen-bond donors (Lipinski definition) is 3. The van der Waals surface area contributed by atoms with Crippen molar-refractivity contribution >= 4 is 33.5 Å². The summed E-state index contributed by atoms with van der Waals surface area (Å²) in [5.41, 5.74) is 1.28. The molecule has 1 fully saturated rings. The molecule has 3 N–H and O–H groups in total. The molecule has 0 aromatic heterocycles. The lowest BCUT2D eigenvalue weighted by molar-refractivity contribution is -0.146. The zero-order valence-electron chi connectivity index (χ0n) is 27.1. The molecule has 0 radical (unpaired) electrons. The predicted molar refractivity (Wildman–Crippen MR) is 175 cm³/mol. The van der Waals surface area contributed by atoms with Crippen LogP contribution in [-0.2, 0) is 30.1 Å². The van der Waals surface area contributed by atoms with Gasteiger partial charge in [-0.15, -0.1) is 0 Å². The number of sulfonamides is 1. The van der Waals surface area contributed by atoms with Gasteiger partial charge in [0.25, 0.3) is 5.91 Å². The zero-order valence-corrected chi connectivity index (χ0v) is 27.9. The number of hydrogen-bond acceptors (Lipinski definition) is 7. The third-order valence-corrected chi connectivity index (χ3v) is 10.3. The van der Waals surface area contributed by atoms with E-state index in [0.29, 0.717) is 30.1 Å². The summed E-state index contributed by atoms with van der Waals surface area (Å²) in [6, 6.07) is 14.7. The second-order valence-corrected chi connectivity index (χ2v) is 14.7. The number of amides is 2. The molecule has 45 heavy (non-hydrogen) atoms. The molecule has 1 aliphatic carbocycles. The molecule has 0 unspecified atom stereocenters. The molecule has 248 valence electrons. The lowest BCUT2D eigenvalue weighted by Gasteiger charge is -2.29. The monoisotopic (exact) mass is 643 g/mol. The fourth-order valence-electron chi connectivity index (χ4n) is 5.78. The van der Waals surface area contributed by atoms with Crippen molar-refractivity contribution in [2.24, 2.45) is 23.7 Å². The quantitative estimate of drug-likeness (QED) is 0.246. The Morgan fingerprint density at radius 1 is 0.978 bits per heavy atom. The number of carbonyl (C=O) groups excluding carboxylic acids is 3. The summed E-state index contributed by atoms with van der Waals surface area (Å²) in [5.74, 6) is -1.04. The Bertz CT molecular complexity index is 1380. The van der Waals surface area contributed by atoms with Gasteiger partial charge in [-0.25, -0.2) is 8.42 Å². The van der Waals surface area contributed by atoms with Crippen LogP contribution in [0.2, 0.25) is 0 Å². The number of benzene rings is 2. The third-order valence-electron chi connectivity index (χ3n) is 8.58. The van der Waals surface area contributed by atoms with Gasteiger partial charge in [0.1, 0.15) is 0 Å². The Morgan fingerprint density at radius 2 is 1.64 bits per heavy atom. The molecular formula is C34H49N3O7S. The van der Waals surface area contributed by atoms with Crippen molar-refractivity contribution in [2.45, 2.75) is 77.2 Å². The highest BCUT2D eigenvalue weighted by Crippen LogP contribution is 2.29. The van der Waals surface area contributed by atoms with Crippen LogP contribution >= 0.6 is 0 Å². The van der Waals surface area contributed by atoms with Gasteiger partial charge in [0.05, 0.1) is 36.6 Å². The van der Waals surface area contributed by atoms with Crippen LogP contribution < -0.4 is 14.9 Å². The van der Waals surface area contributed by atoms with Crippen LogP contribution in [0.1, 0.15) is 75.2 Å². The molecule has 0 heterocycles. The van der Waals surface area contributed by atoms with Crippen LogP contribution in [0.4, 0.5) is 5.69 Å². The summed E-state index contributed by atoms with van der Waals surface area (Å²) in [7, 11) is -0.834. The minimum absolute atomic E-state index is 0.0693. The average molecular weight is 644 g/mol. The molecule has 3 atom stereocenters. The maximum atomic E-state index is 13.3. The van der Waals surface area contributed by atoms with Crippen molar-refractivity contribution in [1.82, 2.24) is 10.6 Å². The minimum Gasteiger partial charge on any atom is -0.469 e. The molecule has 0 aliphatic heterocycles. The van der Waals surface area contributed by atoms with Gasteiger partial charge in [-0.2, -0.15) is 0 Å². The summed E-state index contributed by atoms with van der Waals surface area (Å²) < 4.78 is 32.1. The maximum absolute atomic E-state index is 13.3. The van der Waals surface area contributed by atoms with E-state index in [1.807, 2.05) is 19.9 Å². The Kier molecular flexibility index (Phi) is 13.4. The van der Waals surface area contributed by atoms with Crippen molar-refractivity contribution in [1.29, 1.82) is 0 Å². The summed E-state index contributed by atoms with van der Waals surface area (Å²) in [6.07, 6.45) is 2.88. The van der Waals surface area contributed by atoms with E-state index in [0.717, 1.165) is 25.7 Å². The van der Waals surface area contributed by atoms with Gasteiger partial charge in [0.2, 0.25) is 15.9 Å². The number of esters is 1. The van der Waals surface area contributed by atoms with Crippen molar-refractivity contribution in [3.05, 3.63) is 65.7 Å². The van der Waals surface area contributed by atoms with Gasteiger partial charge >= 0.3 is 5.97 Å². The van der Waals surface area contributed by atoms with E-state index in [1.54, 1.807) is 49.4 Å². The lowest BCUT2D eigenvalue weighted by atomic mass is 9.82. The normalized spacial score (nSPS) is 18.8. The largest absolute Gasteiger partial charge is 0.469 e. The van der Waals surface area contributed by atoms with Crippen molar-refractivity contribution in [3.63, 3.8) is 0 Å². The van der Waals surface area contributed by atoms with E-state index in [1.165, 1.54) is 24.5 Å². The Labute approximate surface area is 268 Å². The SMILES string of the molecule is COC(=O)C1CCC(CNC(=O)[C@H](C)C[C@H](O)[C@H](CC(C)C)NC(=O)c2cccc(N(C)S(=O)(=O)Cc3ccccc3)c2)CC1. The number of nitrogens with one attached hydrogen (secondary N) is 2. The number of aliphatic hydroxyl groups is 1. The molecule has 0 bridgehead atoms. The summed E-state index contributed by atoms with van der Waals surface area (Å²) in [6.45, 7) is 6.26. The lowest BCUT2D eigenvalue weighted by Crippen LogP contribution is -2.46. The number of ether oxygens (including phenoxy) is 1. The van der Waals surface area contributed by atoms with Crippen LogP contribution in [0.15, 0.2) is 54.6 Å². The first-order valence-electron chi connectivity index (χ1n) is 15.8. The smallest absolute Gasteiger partial charge is 0.308 e. The molecule has 1 aliphatic rings. The highest BCUT2D eigenvalue weighted by Gasteiger charge is 2.30. The van der Waals surface area contributed by atoms with E-state index in [2.05, 4.69) is 10.6 Å². The van der Waals surface area contributed by atoms with Gasteiger partial charge in [-0.3, -0.25) is 18.7 Å². The fourth-order valence-corrected chi connectivity index (χ4v) is 7.02. The second kappa shape index (κ2) is 16.7. The minimum atomic E-state index is -3.70. The number of nitrogens with zero attached hydrogens (tertiary/aromatic N) is 1. The Morgan fingerprint density at radius 3 is 2.27 bits per heavy atom. The van der Waals surface area contributed by atoms with Crippen LogP contribution in [0.3, 0.4) is 0 Å². The first-order valence-corrected chi connectivity index (χ1v) is 17.4. The summed E-state index contributed by atoms with van der Waals surface area (Å²) in [5, 5.41) is 17.1. The number of rotatable bonds is 15. The molecular weight excluding hydrogens is 594 g/mol. The van der Waals surface area contributed by atoms with E-state index in [-0.39, 0.29) is 41.4 Å². The molecule has 1 saturated carbocycles. The molecule has 11 heteroatoms. The fraction of sp³-hybridized carbons (Fsp3) is 0.559. The first kappa shape index (κ1) is 36.0. The molecule has 2 amide bonds. The number of carbonyl (C=O) groups is 3. The molecule has 0 spiro atoms. The van der Waals surface area contributed by atoms with Crippen molar-refractivity contribution < 1.29 is 32.6 Å². The molecule has 0 saturated heterocycles. The molecule has 10 nitrogen and oxygen atoms in total. The zero-order chi connectivity index (χ0) is 33.1. The van der Waals surface area contributed by atoms with Crippen LogP contribution in [0, 0.1) is 23.7 Å². The van der Waals surface area contributed by atoms with E-state index < -0.39 is 34.0 Å². The molecule has 3 rings (SSSR count). The maximum Gasteiger partial charge on any atom is 0.308 e. The van der Waals surface area contributed by atoms with Gasteiger partial charge in [-0.1, -0.05) is 57.2 Å². The van der Waals surface area contributed by atoms with E-state index >= 15 is 0 Å². The number of anilines is 1. The first-order chi connectivity index (χ1) is 21.3. The highest BCUT2D eigenvalue weighted by atomic mass is 32.2. The van der Waals surface area contributed by atoms with Crippen LogP contribution in [0.25, 0.3) is 0 Å². The van der Waals surface area contributed by atoms with Gasteiger partial charge in [-0.05, 0) is 74.1 Å². The van der Waals surface area contributed by atoms with Crippen molar-refractivity contribution in [2.75, 3.05) is 25.0 Å². The average Bonchev–Trinajstić information content (AvgIpc) is 3.02. The standard InChI is InChI=1S/C34H49N3O7S/c1-23(2)18-30(31(38)19-24(3)32(39)35-21-25-14-16-27(17-15-25)34(41)44-5)36-33(40)28-12-9-13-29(20-28)37(4)45(42,43)22-26-10-7-6-8-11-26/h6-13,20,23-25,27,30-31,38H,14-19,21-22H2,1-5H3,(H,35,39)(H,36,40)/t24-,25?,27?,30+,31+/m1/s1. The van der Waals surface area contributed by atoms with Gasteiger partial charge in [0.15, 0.2) is 0 Å².